The van der Waals surface area contributed by atoms with Crippen molar-refractivity contribution >= 4 is 44.0 Å². The summed E-state index contributed by atoms with van der Waals surface area (Å²) in [6.07, 6.45) is 0. The monoisotopic (exact) mass is 328 g/mol. The number of nitrogen functional groups attached to an aromatic ring is 1. The first-order valence-electron chi connectivity index (χ1n) is 6.66. The number of nitro groups is 1. The third-order valence-electron chi connectivity index (χ3n) is 3.35. The Bertz CT molecular complexity index is 936. The van der Waals surface area contributed by atoms with Crippen molar-refractivity contribution in [1.29, 1.82) is 0 Å². The molecule has 0 bridgehead atoms. The zero-order valence-electron chi connectivity index (χ0n) is 12.1. The summed E-state index contributed by atoms with van der Waals surface area (Å²) in [6.45, 7) is 1.77. The van der Waals surface area contributed by atoms with Gasteiger partial charge in [0.2, 0.25) is 0 Å². The maximum atomic E-state index is 12.4. The molecule has 0 saturated heterocycles. The molecular formula is C15H12N4O3S. The van der Waals surface area contributed by atoms with E-state index in [-0.39, 0.29) is 11.6 Å². The highest BCUT2D eigenvalue weighted by atomic mass is 32.1. The molecule has 1 aromatic heterocycles. The number of anilines is 2. The predicted octanol–water partition coefficient (Wildman–Crippen LogP) is 3.35. The van der Waals surface area contributed by atoms with E-state index in [1.807, 2.05) is 0 Å². The number of non-ortho nitro benzene ring substituents is 1. The lowest BCUT2D eigenvalue weighted by molar-refractivity contribution is -0.384. The first-order chi connectivity index (χ1) is 10.9. The van der Waals surface area contributed by atoms with Gasteiger partial charge in [-0.3, -0.25) is 14.9 Å². The molecular weight excluding hydrogens is 316 g/mol. The minimum Gasteiger partial charge on any atom is -0.375 e. The van der Waals surface area contributed by atoms with Gasteiger partial charge in [-0.1, -0.05) is 17.4 Å². The van der Waals surface area contributed by atoms with E-state index < -0.39 is 4.92 Å². The van der Waals surface area contributed by atoms with E-state index in [4.69, 9.17) is 5.73 Å². The predicted molar refractivity (Wildman–Crippen MR) is 89.8 cm³/mol. The molecule has 0 spiro atoms. The number of rotatable bonds is 3. The Morgan fingerprint density at radius 2 is 2.09 bits per heavy atom. The molecule has 0 saturated carbocycles. The first-order valence-corrected chi connectivity index (χ1v) is 7.48. The minimum absolute atomic E-state index is 0.0726. The number of fused-ring (bicyclic) bond motifs is 1. The van der Waals surface area contributed by atoms with Crippen LogP contribution in [0.5, 0.6) is 0 Å². The van der Waals surface area contributed by atoms with Crippen LogP contribution in [-0.2, 0) is 0 Å². The molecule has 0 aliphatic heterocycles. The van der Waals surface area contributed by atoms with Crippen molar-refractivity contribution in [3.05, 3.63) is 57.6 Å². The van der Waals surface area contributed by atoms with Gasteiger partial charge in [0.15, 0.2) is 5.13 Å². The molecule has 1 amide bonds. The fourth-order valence-corrected chi connectivity index (χ4v) is 2.91. The lowest BCUT2D eigenvalue weighted by Gasteiger charge is -2.08. The third kappa shape index (κ3) is 2.97. The molecule has 0 aliphatic carbocycles. The second-order valence-electron chi connectivity index (χ2n) is 4.95. The fraction of sp³-hybridized carbons (Fsp3) is 0.0667. The van der Waals surface area contributed by atoms with Gasteiger partial charge >= 0.3 is 0 Å². The lowest BCUT2D eigenvalue weighted by Crippen LogP contribution is -2.12. The van der Waals surface area contributed by atoms with Crippen LogP contribution in [0.1, 0.15) is 15.9 Å². The number of nitrogens with two attached hydrogens (primary N) is 1. The van der Waals surface area contributed by atoms with Crippen LogP contribution < -0.4 is 11.1 Å². The molecule has 1 heterocycles. The van der Waals surface area contributed by atoms with E-state index in [0.29, 0.717) is 16.4 Å². The van der Waals surface area contributed by atoms with Crippen LogP contribution in [-0.4, -0.2) is 15.8 Å². The number of aryl methyl sites for hydroxylation is 1. The zero-order valence-corrected chi connectivity index (χ0v) is 12.9. The van der Waals surface area contributed by atoms with Crippen molar-refractivity contribution < 1.29 is 9.72 Å². The maximum Gasteiger partial charge on any atom is 0.271 e. The summed E-state index contributed by atoms with van der Waals surface area (Å²) in [7, 11) is 0. The normalized spacial score (nSPS) is 10.7. The van der Waals surface area contributed by atoms with E-state index in [9.17, 15) is 14.9 Å². The highest BCUT2D eigenvalue weighted by Gasteiger charge is 2.13. The molecule has 0 radical (unpaired) electrons. The SMILES string of the molecule is Cc1ccc([N+](=O)[O-])cc1NC(=O)c1ccc2nc(N)sc2c1. The second kappa shape index (κ2) is 5.65. The van der Waals surface area contributed by atoms with Gasteiger partial charge in [0.1, 0.15) is 0 Å². The zero-order chi connectivity index (χ0) is 16.6. The van der Waals surface area contributed by atoms with Gasteiger partial charge < -0.3 is 11.1 Å². The van der Waals surface area contributed by atoms with E-state index >= 15 is 0 Å². The van der Waals surface area contributed by atoms with Crippen LogP contribution in [0.4, 0.5) is 16.5 Å². The molecule has 3 rings (SSSR count). The summed E-state index contributed by atoms with van der Waals surface area (Å²) in [4.78, 5) is 26.8. The largest absolute Gasteiger partial charge is 0.375 e. The van der Waals surface area contributed by atoms with Gasteiger partial charge in [-0.05, 0) is 30.7 Å². The Morgan fingerprint density at radius 3 is 2.83 bits per heavy atom. The quantitative estimate of drug-likeness (QED) is 0.565. The van der Waals surface area contributed by atoms with E-state index in [0.717, 1.165) is 15.8 Å². The lowest BCUT2D eigenvalue weighted by atomic mass is 10.1. The van der Waals surface area contributed by atoms with Crippen LogP contribution in [0, 0.1) is 17.0 Å². The molecule has 3 N–H and O–H groups in total. The van der Waals surface area contributed by atoms with Crippen molar-refractivity contribution in [3.63, 3.8) is 0 Å². The second-order valence-corrected chi connectivity index (χ2v) is 6.01. The third-order valence-corrected chi connectivity index (χ3v) is 4.19. The Morgan fingerprint density at radius 1 is 1.30 bits per heavy atom. The average molecular weight is 328 g/mol. The van der Waals surface area contributed by atoms with Crippen molar-refractivity contribution in [3.8, 4) is 0 Å². The van der Waals surface area contributed by atoms with Gasteiger partial charge in [0.25, 0.3) is 11.6 Å². The molecule has 0 atom stereocenters. The number of hydrogen-bond donors (Lipinski definition) is 2. The number of carbonyl (C=O) groups is 1. The molecule has 2 aromatic carbocycles. The molecule has 0 aliphatic rings. The number of aromatic nitrogens is 1. The number of thiazole rings is 1. The smallest absolute Gasteiger partial charge is 0.271 e. The molecule has 0 unspecified atom stereocenters. The average Bonchev–Trinajstić information content (AvgIpc) is 2.88. The van der Waals surface area contributed by atoms with E-state index in [1.54, 1.807) is 31.2 Å². The maximum absolute atomic E-state index is 12.4. The van der Waals surface area contributed by atoms with Gasteiger partial charge in [-0.2, -0.15) is 0 Å². The summed E-state index contributed by atoms with van der Waals surface area (Å²) in [6, 6.07) is 9.40. The van der Waals surface area contributed by atoms with Crippen LogP contribution in [0.3, 0.4) is 0 Å². The van der Waals surface area contributed by atoms with Crippen LogP contribution in [0.25, 0.3) is 10.2 Å². The van der Waals surface area contributed by atoms with Crippen molar-refractivity contribution in [2.24, 2.45) is 0 Å². The number of amides is 1. The molecule has 116 valence electrons. The highest BCUT2D eigenvalue weighted by molar-refractivity contribution is 7.22. The first kappa shape index (κ1) is 14.9. The number of nitrogens with zero attached hydrogens (tertiary/aromatic N) is 2. The summed E-state index contributed by atoms with van der Waals surface area (Å²) in [5.74, 6) is -0.345. The van der Waals surface area contributed by atoms with Crippen LogP contribution >= 0.6 is 11.3 Å². The molecule has 7 nitrogen and oxygen atoms in total. The standard InChI is InChI=1S/C15H12N4O3S/c1-8-2-4-10(19(21)22)7-12(8)17-14(20)9-3-5-11-13(6-9)23-15(16)18-11/h2-7H,1H3,(H2,16,18)(H,17,20). The van der Waals surface area contributed by atoms with Crippen molar-refractivity contribution in [2.45, 2.75) is 6.92 Å². The number of nitro benzene ring substituents is 1. The summed E-state index contributed by atoms with van der Waals surface area (Å²) < 4.78 is 0.811. The van der Waals surface area contributed by atoms with Gasteiger partial charge in [-0.25, -0.2) is 4.98 Å². The number of carbonyl (C=O) groups excluding carboxylic acids is 1. The van der Waals surface area contributed by atoms with Crippen molar-refractivity contribution in [1.82, 2.24) is 4.98 Å². The molecule has 8 heteroatoms. The Balaban J connectivity index is 1.90. The summed E-state index contributed by atoms with van der Waals surface area (Å²) >= 11 is 1.30. The fourth-order valence-electron chi connectivity index (χ4n) is 2.14. The van der Waals surface area contributed by atoms with E-state index in [1.165, 1.54) is 23.5 Å². The summed E-state index contributed by atoms with van der Waals surface area (Å²) in [5, 5.41) is 14.0. The van der Waals surface area contributed by atoms with Crippen LogP contribution in [0.15, 0.2) is 36.4 Å². The van der Waals surface area contributed by atoms with E-state index in [2.05, 4.69) is 10.3 Å². The Hall–Kier alpha value is -3.00. The van der Waals surface area contributed by atoms with Gasteiger partial charge in [0, 0.05) is 17.7 Å². The Kier molecular flexibility index (Phi) is 3.67. The molecule has 23 heavy (non-hydrogen) atoms. The molecule has 3 aromatic rings. The van der Waals surface area contributed by atoms with Gasteiger partial charge in [-0.15, -0.1) is 0 Å². The topological polar surface area (TPSA) is 111 Å². The van der Waals surface area contributed by atoms with Gasteiger partial charge in [0.05, 0.1) is 20.8 Å². The molecule has 0 fully saturated rings. The number of hydrogen-bond acceptors (Lipinski definition) is 6. The minimum atomic E-state index is -0.499. The Labute approximate surface area is 134 Å². The number of benzene rings is 2. The van der Waals surface area contributed by atoms with Crippen molar-refractivity contribution in [2.75, 3.05) is 11.1 Å². The van der Waals surface area contributed by atoms with Crippen LogP contribution in [0.2, 0.25) is 0 Å². The number of nitrogens with one attached hydrogen (secondary N) is 1. The summed E-state index contributed by atoms with van der Waals surface area (Å²) in [5.41, 5.74) is 7.90. The highest BCUT2D eigenvalue weighted by Crippen LogP contribution is 2.26.